The molecule has 114 valence electrons. The van der Waals surface area contributed by atoms with Gasteiger partial charge in [0.15, 0.2) is 0 Å². The lowest BCUT2D eigenvalue weighted by molar-refractivity contribution is -0.139. The van der Waals surface area contributed by atoms with E-state index in [0.717, 1.165) is 12.8 Å². The van der Waals surface area contributed by atoms with Crippen molar-refractivity contribution in [2.24, 2.45) is 0 Å². The number of thiol groups is 1. The van der Waals surface area contributed by atoms with Crippen molar-refractivity contribution < 1.29 is 9.90 Å². The largest absolute Gasteiger partial charge is 0.480 e. The van der Waals surface area contributed by atoms with Crippen molar-refractivity contribution in [3.05, 3.63) is 0 Å². The number of hydrogen-bond donors (Lipinski definition) is 2. The molecule has 0 saturated carbocycles. The van der Waals surface area contributed by atoms with Crippen molar-refractivity contribution in [2.75, 3.05) is 0 Å². The molecule has 2 atom stereocenters. The van der Waals surface area contributed by atoms with E-state index in [1.165, 1.54) is 51.4 Å². The third kappa shape index (κ3) is 8.96. The topological polar surface area (TPSA) is 37.3 Å². The summed E-state index contributed by atoms with van der Waals surface area (Å²) in [5, 5.41) is 8.93. The molecule has 0 bridgehead atoms. The van der Waals surface area contributed by atoms with E-state index >= 15 is 0 Å². The number of alkyl halides is 1. The fraction of sp³-hybridized carbons (Fsp3) is 0.933. The molecular weight excluding hydrogens is 324 g/mol. The van der Waals surface area contributed by atoms with Crippen LogP contribution in [0.3, 0.4) is 0 Å². The van der Waals surface area contributed by atoms with E-state index in [9.17, 15) is 4.79 Å². The van der Waals surface area contributed by atoms with Gasteiger partial charge >= 0.3 is 5.97 Å². The van der Waals surface area contributed by atoms with Gasteiger partial charge in [-0.1, -0.05) is 80.6 Å². The number of carbonyl (C=O) groups is 1. The monoisotopic (exact) mass is 352 g/mol. The average molecular weight is 353 g/mol. The van der Waals surface area contributed by atoms with Crippen molar-refractivity contribution in [3.8, 4) is 0 Å². The minimum Gasteiger partial charge on any atom is -0.480 e. The molecule has 0 aromatic carbocycles. The summed E-state index contributed by atoms with van der Waals surface area (Å²) < 4.78 is -0.906. The first-order valence-corrected chi connectivity index (χ1v) is 8.84. The number of rotatable bonds is 12. The molecule has 0 amide bonds. The van der Waals surface area contributed by atoms with E-state index < -0.39 is 10.3 Å². The zero-order chi connectivity index (χ0) is 14.7. The molecule has 0 radical (unpaired) electrons. The fourth-order valence-corrected chi connectivity index (χ4v) is 2.58. The van der Waals surface area contributed by atoms with Crippen LogP contribution in [0.1, 0.15) is 78.1 Å². The van der Waals surface area contributed by atoms with Gasteiger partial charge in [-0.2, -0.15) is 12.6 Å². The molecule has 2 unspecified atom stereocenters. The SMILES string of the molecule is CCCCCCCCCCCC(S)C(C)(Br)C(=O)O. The number of carboxylic acids is 1. The zero-order valence-electron chi connectivity index (χ0n) is 12.3. The quantitative estimate of drug-likeness (QED) is 0.278. The number of halogens is 1. The molecule has 19 heavy (non-hydrogen) atoms. The third-order valence-corrected chi connectivity index (χ3v) is 5.65. The molecular formula is C15H29BrO2S. The smallest absolute Gasteiger partial charge is 0.321 e. The Morgan fingerprint density at radius 2 is 1.53 bits per heavy atom. The van der Waals surface area contributed by atoms with Gasteiger partial charge in [0.25, 0.3) is 0 Å². The van der Waals surface area contributed by atoms with Crippen molar-refractivity contribution in [1.29, 1.82) is 0 Å². The minimum absolute atomic E-state index is 0.130. The van der Waals surface area contributed by atoms with Gasteiger partial charge in [-0.3, -0.25) is 4.79 Å². The zero-order valence-corrected chi connectivity index (χ0v) is 14.8. The summed E-state index contributed by atoms with van der Waals surface area (Å²) in [7, 11) is 0. The highest BCUT2D eigenvalue weighted by molar-refractivity contribution is 9.10. The van der Waals surface area contributed by atoms with Crippen molar-refractivity contribution in [1.82, 2.24) is 0 Å². The molecule has 0 aliphatic heterocycles. The van der Waals surface area contributed by atoms with Gasteiger partial charge in [0, 0.05) is 5.25 Å². The van der Waals surface area contributed by atoms with Crippen molar-refractivity contribution in [3.63, 3.8) is 0 Å². The molecule has 0 aliphatic carbocycles. The van der Waals surface area contributed by atoms with Crippen LogP contribution in [0, 0.1) is 0 Å². The summed E-state index contributed by atoms with van der Waals surface area (Å²) in [6.07, 6.45) is 12.4. The minimum atomic E-state index is -0.906. The van der Waals surface area contributed by atoms with Crippen molar-refractivity contribution >= 4 is 34.5 Å². The summed E-state index contributed by atoms with van der Waals surface area (Å²) >= 11 is 7.66. The Labute approximate surface area is 132 Å². The molecule has 2 nitrogen and oxygen atoms in total. The van der Waals surface area contributed by atoms with Crippen LogP contribution in [-0.2, 0) is 4.79 Å². The Morgan fingerprint density at radius 1 is 1.11 bits per heavy atom. The first-order valence-electron chi connectivity index (χ1n) is 7.53. The van der Waals surface area contributed by atoms with Crippen LogP contribution in [-0.4, -0.2) is 20.7 Å². The van der Waals surface area contributed by atoms with Gasteiger partial charge in [-0.05, 0) is 13.3 Å². The summed E-state index contributed by atoms with van der Waals surface area (Å²) in [6, 6.07) is 0. The Balaban J connectivity index is 3.47. The van der Waals surface area contributed by atoms with Gasteiger partial charge in [0.2, 0.25) is 0 Å². The normalized spacial score (nSPS) is 16.0. The van der Waals surface area contributed by atoms with Gasteiger partial charge in [-0.15, -0.1) is 0 Å². The number of carboxylic acid groups (broad SMARTS) is 1. The average Bonchev–Trinajstić information content (AvgIpc) is 2.36. The molecule has 0 spiro atoms. The predicted octanol–water partition coefficient (Wildman–Crippen LogP) is 5.44. The molecule has 0 rings (SSSR count). The summed E-state index contributed by atoms with van der Waals surface area (Å²) in [5.41, 5.74) is 0. The third-order valence-electron chi connectivity index (χ3n) is 3.63. The molecule has 0 aromatic heterocycles. The Hall–Kier alpha value is 0.300. The Kier molecular flexibility index (Phi) is 11.2. The molecule has 0 aliphatic rings. The maximum Gasteiger partial charge on any atom is 0.321 e. The van der Waals surface area contributed by atoms with Gasteiger partial charge in [0.05, 0.1) is 0 Å². The van der Waals surface area contributed by atoms with Gasteiger partial charge in [0.1, 0.15) is 4.32 Å². The highest BCUT2D eigenvalue weighted by atomic mass is 79.9. The number of aliphatic carboxylic acids is 1. The van der Waals surface area contributed by atoms with Gasteiger partial charge < -0.3 is 5.11 Å². The lowest BCUT2D eigenvalue weighted by Gasteiger charge is -2.24. The second-order valence-corrected chi connectivity index (χ2v) is 7.78. The van der Waals surface area contributed by atoms with Crippen LogP contribution in [0.2, 0.25) is 0 Å². The highest BCUT2D eigenvalue weighted by Crippen LogP contribution is 2.30. The molecule has 0 saturated heterocycles. The molecule has 4 heteroatoms. The van der Waals surface area contributed by atoms with Crippen molar-refractivity contribution in [2.45, 2.75) is 87.6 Å². The summed E-state index contributed by atoms with van der Waals surface area (Å²) in [6.45, 7) is 3.92. The van der Waals surface area contributed by atoms with E-state index in [4.69, 9.17) is 5.11 Å². The first-order chi connectivity index (χ1) is 8.92. The van der Waals surface area contributed by atoms with E-state index in [0.29, 0.717) is 0 Å². The maximum absolute atomic E-state index is 11.0. The molecule has 0 heterocycles. The van der Waals surface area contributed by atoms with Crippen LogP contribution < -0.4 is 0 Å². The molecule has 0 fully saturated rings. The van der Waals surface area contributed by atoms with Crippen LogP contribution >= 0.6 is 28.6 Å². The number of hydrogen-bond acceptors (Lipinski definition) is 2. The second kappa shape index (κ2) is 11.0. The standard InChI is InChI=1S/C15H29BrO2S/c1-3-4-5-6-7-8-9-10-11-12-13(19)15(2,16)14(17)18/h13,19H,3-12H2,1-2H3,(H,17,18). The Morgan fingerprint density at radius 3 is 1.95 bits per heavy atom. The van der Waals surface area contributed by atoms with Crippen LogP contribution in [0.4, 0.5) is 0 Å². The molecule has 0 aromatic rings. The van der Waals surface area contributed by atoms with Gasteiger partial charge in [-0.25, -0.2) is 0 Å². The lowest BCUT2D eigenvalue weighted by atomic mass is 10.0. The van der Waals surface area contributed by atoms with E-state index in [-0.39, 0.29) is 5.25 Å². The summed E-state index contributed by atoms with van der Waals surface area (Å²) in [4.78, 5) is 11.0. The van der Waals surface area contributed by atoms with E-state index in [1.54, 1.807) is 6.92 Å². The maximum atomic E-state index is 11.0. The highest BCUT2D eigenvalue weighted by Gasteiger charge is 2.36. The number of unbranched alkanes of at least 4 members (excludes halogenated alkanes) is 8. The lowest BCUT2D eigenvalue weighted by Crippen LogP contribution is -2.37. The molecule has 1 N–H and O–H groups in total. The van der Waals surface area contributed by atoms with Crippen LogP contribution in [0.5, 0.6) is 0 Å². The van der Waals surface area contributed by atoms with Crippen LogP contribution in [0.25, 0.3) is 0 Å². The summed E-state index contributed by atoms with van der Waals surface area (Å²) in [5.74, 6) is -0.830. The van der Waals surface area contributed by atoms with Crippen LogP contribution in [0.15, 0.2) is 0 Å². The Bertz CT molecular complexity index is 244. The van der Waals surface area contributed by atoms with E-state index in [2.05, 4.69) is 35.5 Å². The van der Waals surface area contributed by atoms with E-state index in [1.807, 2.05) is 0 Å². The second-order valence-electron chi connectivity index (χ2n) is 5.51. The first kappa shape index (κ1) is 19.3. The predicted molar refractivity (Wildman–Crippen MR) is 89.6 cm³/mol. The fourth-order valence-electron chi connectivity index (χ4n) is 2.06.